The van der Waals surface area contributed by atoms with Gasteiger partial charge in [-0.3, -0.25) is 4.79 Å². The van der Waals surface area contributed by atoms with Crippen LogP contribution in [0.3, 0.4) is 0 Å². The fourth-order valence-corrected chi connectivity index (χ4v) is 2.47. The molecular weight excluding hydrogens is 349 g/mol. The van der Waals surface area contributed by atoms with Crippen LogP contribution in [0.15, 0.2) is 22.7 Å². The summed E-state index contributed by atoms with van der Waals surface area (Å²) >= 11 is 12.3. The van der Waals surface area contributed by atoms with Crippen LogP contribution in [0.2, 0.25) is 10.0 Å². The van der Waals surface area contributed by atoms with Gasteiger partial charge in [-0.2, -0.15) is 0 Å². The second-order valence-corrected chi connectivity index (χ2v) is 5.48. The molecule has 1 heterocycles. The highest BCUT2D eigenvalue weighted by Crippen LogP contribution is 2.36. The maximum Gasteiger partial charge on any atom is 0.257 e. The summed E-state index contributed by atoms with van der Waals surface area (Å²) in [4.78, 5) is 12.4. The van der Waals surface area contributed by atoms with Gasteiger partial charge in [-0.1, -0.05) is 34.4 Å². The molecule has 120 valence electrons. The number of hydrogen-bond acceptors (Lipinski definition) is 4. The van der Waals surface area contributed by atoms with Gasteiger partial charge in [-0.05, 0) is 26.0 Å². The highest BCUT2D eigenvalue weighted by atomic mass is 35.5. The maximum absolute atomic E-state index is 12.4. The lowest BCUT2D eigenvalue weighted by Gasteiger charge is -2.12. The molecule has 1 aromatic carbocycles. The summed E-state index contributed by atoms with van der Waals surface area (Å²) in [5.41, 5.74) is 6.62. The molecule has 1 aromatic heterocycles. The Morgan fingerprint density at radius 1 is 1.41 bits per heavy atom. The molecule has 0 saturated carbocycles. The molecular formula is C14H16Cl3N3O2. The van der Waals surface area contributed by atoms with E-state index in [1.807, 2.05) is 6.92 Å². The molecule has 0 aliphatic heterocycles. The molecule has 8 heteroatoms. The number of aromatic nitrogens is 1. The Morgan fingerprint density at radius 2 is 2.00 bits per heavy atom. The van der Waals surface area contributed by atoms with Crippen molar-refractivity contribution >= 4 is 41.5 Å². The summed E-state index contributed by atoms with van der Waals surface area (Å²) < 4.78 is 5.14. The third-order valence-electron chi connectivity index (χ3n) is 3.02. The van der Waals surface area contributed by atoms with E-state index < -0.39 is 0 Å². The molecule has 0 saturated heterocycles. The van der Waals surface area contributed by atoms with Crippen molar-refractivity contribution in [2.75, 3.05) is 6.54 Å². The standard InChI is InChI=1S/C14H15Cl2N3O2.ClH/c1-7(6-17)18-14(20)11-8(2)21-19-13(11)12-9(15)4-3-5-10(12)16;/h3-5,7H,6,17H2,1-2H3,(H,18,20);1H/t7-;/m0./s1. The Kier molecular flexibility index (Phi) is 6.68. The third-order valence-corrected chi connectivity index (χ3v) is 3.65. The van der Waals surface area contributed by atoms with Crippen LogP contribution >= 0.6 is 35.6 Å². The van der Waals surface area contributed by atoms with Crippen LogP contribution in [-0.4, -0.2) is 23.7 Å². The van der Waals surface area contributed by atoms with Gasteiger partial charge in [-0.15, -0.1) is 12.4 Å². The summed E-state index contributed by atoms with van der Waals surface area (Å²) in [5, 5.41) is 7.50. The highest BCUT2D eigenvalue weighted by molar-refractivity contribution is 6.39. The SMILES string of the molecule is Cc1onc(-c2c(Cl)cccc2Cl)c1C(=O)N[C@@H](C)CN.Cl. The number of carbonyl (C=O) groups excluding carboxylic acids is 1. The van der Waals surface area contributed by atoms with Gasteiger partial charge in [0.15, 0.2) is 0 Å². The van der Waals surface area contributed by atoms with Gasteiger partial charge >= 0.3 is 0 Å². The molecule has 1 atom stereocenters. The van der Waals surface area contributed by atoms with Gasteiger partial charge in [0.2, 0.25) is 0 Å². The summed E-state index contributed by atoms with van der Waals surface area (Å²) in [7, 11) is 0. The van der Waals surface area contributed by atoms with E-state index in [1.54, 1.807) is 25.1 Å². The van der Waals surface area contributed by atoms with E-state index in [-0.39, 0.29) is 24.4 Å². The number of carbonyl (C=O) groups is 1. The van der Waals surface area contributed by atoms with Gasteiger partial charge < -0.3 is 15.6 Å². The number of hydrogen-bond donors (Lipinski definition) is 2. The molecule has 2 aromatic rings. The van der Waals surface area contributed by atoms with Crippen LogP contribution < -0.4 is 11.1 Å². The number of rotatable bonds is 4. The fourth-order valence-electron chi connectivity index (χ4n) is 1.89. The molecule has 0 radical (unpaired) electrons. The summed E-state index contributed by atoms with van der Waals surface area (Å²) in [5.74, 6) is 0.0698. The van der Waals surface area contributed by atoms with Crippen LogP contribution in [0.1, 0.15) is 23.0 Å². The Hall–Kier alpha value is -1.27. The average Bonchev–Trinajstić information content (AvgIpc) is 2.80. The lowest BCUT2D eigenvalue weighted by atomic mass is 10.1. The van der Waals surface area contributed by atoms with Gasteiger partial charge in [0.05, 0.1) is 10.0 Å². The minimum absolute atomic E-state index is 0. The van der Waals surface area contributed by atoms with E-state index >= 15 is 0 Å². The Morgan fingerprint density at radius 3 is 2.55 bits per heavy atom. The summed E-state index contributed by atoms with van der Waals surface area (Å²) in [6.07, 6.45) is 0. The number of amides is 1. The second-order valence-electron chi connectivity index (χ2n) is 4.67. The first-order chi connectivity index (χ1) is 9.95. The van der Waals surface area contributed by atoms with E-state index in [4.69, 9.17) is 33.5 Å². The highest BCUT2D eigenvalue weighted by Gasteiger charge is 2.25. The fraction of sp³-hybridized carbons (Fsp3) is 0.286. The zero-order valence-electron chi connectivity index (χ0n) is 12.0. The molecule has 0 spiro atoms. The molecule has 1 amide bonds. The third kappa shape index (κ3) is 3.73. The van der Waals surface area contributed by atoms with Crippen molar-refractivity contribution in [2.24, 2.45) is 5.73 Å². The largest absolute Gasteiger partial charge is 0.360 e. The van der Waals surface area contributed by atoms with E-state index in [1.165, 1.54) is 0 Å². The quantitative estimate of drug-likeness (QED) is 0.870. The minimum Gasteiger partial charge on any atom is -0.360 e. The number of nitrogens with two attached hydrogens (primary N) is 1. The lowest BCUT2D eigenvalue weighted by Crippen LogP contribution is -2.38. The number of halogens is 3. The number of nitrogens with zero attached hydrogens (tertiary/aromatic N) is 1. The molecule has 3 N–H and O–H groups in total. The number of nitrogens with one attached hydrogen (secondary N) is 1. The molecule has 0 aliphatic carbocycles. The predicted octanol–water partition coefficient (Wildman–Crippen LogP) is 3.46. The molecule has 0 aliphatic rings. The first-order valence-electron chi connectivity index (χ1n) is 6.37. The molecule has 22 heavy (non-hydrogen) atoms. The van der Waals surface area contributed by atoms with Crippen LogP contribution in [0.25, 0.3) is 11.3 Å². The monoisotopic (exact) mass is 363 g/mol. The van der Waals surface area contributed by atoms with Crippen molar-refractivity contribution < 1.29 is 9.32 Å². The Bertz CT molecular complexity index is 653. The van der Waals surface area contributed by atoms with Crippen LogP contribution in [-0.2, 0) is 0 Å². The van der Waals surface area contributed by atoms with Crippen molar-refractivity contribution in [2.45, 2.75) is 19.9 Å². The van der Waals surface area contributed by atoms with Crippen molar-refractivity contribution in [3.05, 3.63) is 39.6 Å². The second kappa shape index (κ2) is 7.83. The zero-order valence-corrected chi connectivity index (χ0v) is 14.4. The molecule has 0 fully saturated rings. The topological polar surface area (TPSA) is 81.2 Å². The van der Waals surface area contributed by atoms with Crippen LogP contribution in [0.4, 0.5) is 0 Å². The molecule has 0 bridgehead atoms. The lowest BCUT2D eigenvalue weighted by molar-refractivity contribution is 0.0940. The summed E-state index contributed by atoms with van der Waals surface area (Å²) in [6.45, 7) is 3.80. The van der Waals surface area contributed by atoms with Crippen molar-refractivity contribution in [1.29, 1.82) is 0 Å². The maximum atomic E-state index is 12.4. The summed E-state index contributed by atoms with van der Waals surface area (Å²) in [6, 6.07) is 4.91. The Balaban J connectivity index is 0.00000242. The van der Waals surface area contributed by atoms with Gasteiger partial charge in [0.25, 0.3) is 5.91 Å². The first kappa shape index (κ1) is 18.8. The normalized spacial score (nSPS) is 11.7. The van der Waals surface area contributed by atoms with Gasteiger partial charge in [0, 0.05) is 18.2 Å². The first-order valence-corrected chi connectivity index (χ1v) is 7.12. The average molecular weight is 365 g/mol. The van der Waals surface area contributed by atoms with Crippen LogP contribution in [0, 0.1) is 6.92 Å². The molecule has 2 rings (SSSR count). The van der Waals surface area contributed by atoms with Gasteiger partial charge in [0.1, 0.15) is 17.0 Å². The predicted molar refractivity (Wildman–Crippen MR) is 89.9 cm³/mol. The van der Waals surface area contributed by atoms with E-state index in [2.05, 4.69) is 10.5 Å². The zero-order chi connectivity index (χ0) is 15.6. The van der Waals surface area contributed by atoms with Crippen molar-refractivity contribution in [3.63, 3.8) is 0 Å². The van der Waals surface area contributed by atoms with Crippen molar-refractivity contribution in [3.8, 4) is 11.3 Å². The van der Waals surface area contributed by atoms with Crippen LogP contribution in [0.5, 0.6) is 0 Å². The molecule has 5 nitrogen and oxygen atoms in total. The number of benzene rings is 1. The molecule has 0 unspecified atom stereocenters. The number of aryl methyl sites for hydroxylation is 1. The minimum atomic E-state index is -0.322. The van der Waals surface area contributed by atoms with E-state index in [0.29, 0.717) is 39.2 Å². The smallest absolute Gasteiger partial charge is 0.257 e. The van der Waals surface area contributed by atoms with E-state index in [9.17, 15) is 4.79 Å². The van der Waals surface area contributed by atoms with Crippen molar-refractivity contribution in [1.82, 2.24) is 10.5 Å². The Labute approximate surface area is 144 Å². The van der Waals surface area contributed by atoms with E-state index in [0.717, 1.165) is 0 Å². The van der Waals surface area contributed by atoms with Gasteiger partial charge in [-0.25, -0.2) is 0 Å².